The molecule has 4 heterocycles. The molecule has 1 aliphatic rings. The van der Waals surface area contributed by atoms with Gasteiger partial charge >= 0.3 is 5.71 Å². The lowest BCUT2D eigenvalue weighted by molar-refractivity contribution is -0.652. The molecule has 0 saturated carbocycles. The summed E-state index contributed by atoms with van der Waals surface area (Å²) in [5, 5.41) is 1.04. The van der Waals surface area contributed by atoms with Gasteiger partial charge in [0.05, 0.1) is 10.9 Å². The van der Waals surface area contributed by atoms with Gasteiger partial charge in [-0.25, -0.2) is 0 Å². The normalized spacial score (nSPS) is 12.6. The van der Waals surface area contributed by atoms with Crippen LogP contribution in [-0.4, -0.2) is 9.55 Å². The second-order valence-corrected chi connectivity index (χ2v) is 6.37. The Labute approximate surface area is 143 Å². The van der Waals surface area contributed by atoms with E-state index in [0.717, 1.165) is 34.4 Å². The largest absolute Gasteiger partial charge is 0.419 e. The van der Waals surface area contributed by atoms with Crippen LogP contribution in [0.4, 0.5) is 0 Å². The van der Waals surface area contributed by atoms with Crippen molar-refractivity contribution in [3.05, 3.63) is 78.6 Å². The van der Waals surface area contributed by atoms with Gasteiger partial charge in [0.25, 0.3) is 5.82 Å². The highest BCUT2D eigenvalue weighted by Crippen LogP contribution is 2.37. The number of furan rings is 1. The van der Waals surface area contributed by atoms with E-state index in [0.29, 0.717) is 0 Å². The summed E-state index contributed by atoms with van der Waals surface area (Å²) in [7, 11) is 0. The van der Waals surface area contributed by atoms with Crippen LogP contribution in [0, 0.1) is 0 Å². The van der Waals surface area contributed by atoms with Crippen molar-refractivity contribution in [1.82, 2.24) is 9.55 Å². The quantitative estimate of drug-likeness (QED) is 0.427. The fraction of sp³-hybridized carbons (Fsp3) is 0.0476. The first-order valence-corrected chi connectivity index (χ1v) is 8.36. The SMILES string of the molecule is c1ccc(-n2c3[n+](c4oc5ccncc5c42)Cc2ccccc2-3)cc1. The summed E-state index contributed by atoms with van der Waals surface area (Å²) in [5.41, 5.74) is 6.56. The topological polar surface area (TPSA) is 34.8 Å². The minimum Gasteiger partial charge on any atom is -0.419 e. The van der Waals surface area contributed by atoms with Crippen molar-refractivity contribution < 1.29 is 8.98 Å². The molecule has 4 nitrogen and oxygen atoms in total. The van der Waals surface area contributed by atoms with Crippen molar-refractivity contribution in [1.29, 1.82) is 0 Å². The third kappa shape index (κ3) is 1.61. The molecule has 0 radical (unpaired) electrons. The minimum atomic E-state index is 0.828. The molecule has 0 amide bonds. The lowest BCUT2D eigenvalue weighted by Gasteiger charge is -2.01. The Morgan fingerprint density at radius 3 is 2.72 bits per heavy atom. The first-order valence-electron chi connectivity index (χ1n) is 8.36. The highest BCUT2D eigenvalue weighted by Gasteiger charge is 2.38. The van der Waals surface area contributed by atoms with Crippen molar-refractivity contribution in [2.24, 2.45) is 0 Å². The third-order valence-corrected chi connectivity index (χ3v) is 4.98. The predicted octanol–water partition coefficient (Wildman–Crippen LogP) is 4.09. The number of pyridine rings is 1. The van der Waals surface area contributed by atoms with Gasteiger partial charge in [0, 0.05) is 24.0 Å². The van der Waals surface area contributed by atoms with Crippen molar-refractivity contribution in [2.75, 3.05) is 0 Å². The van der Waals surface area contributed by atoms with Crippen LogP contribution in [0.1, 0.15) is 5.56 Å². The van der Waals surface area contributed by atoms with Crippen molar-refractivity contribution >= 4 is 22.2 Å². The summed E-state index contributed by atoms with van der Waals surface area (Å²) in [4.78, 5) is 4.31. The number of hydrogen-bond acceptors (Lipinski definition) is 2. The number of aromatic nitrogens is 3. The second kappa shape index (κ2) is 4.57. The lowest BCUT2D eigenvalue weighted by atomic mass is 10.1. The highest BCUT2D eigenvalue weighted by atomic mass is 16.3. The van der Waals surface area contributed by atoms with Gasteiger partial charge in [-0.15, -0.1) is 0 Å². The van der Waals surface area contributed by atoms with E-state index in [-0.39, 0.29) is 0 Å². The molecule has 5 aromatic rings. The molecule has 0 fully saturated rings. The first kappa shape index (κ1) is 13.0. The summed E-state index contributed by atoms with van der Waals surface area (Å²) in [6.07, 6.45) is 3.67. The molecule has 0 aliphatic carbocycles. The second-order valence-electron chi connectivity index (χ2n) is 6.37. The molecule has 118 valence electrons. The van der Waals surface area contributed by atoms with Gasteiger partial charge < -0.3 is 4.42 Å². The number of rotatable bonds is 1. The number of benzene rings is 2. The summed E-state index contributed by atoms with van der Waals surface area (Å²) in [6, 6.07) is 20.9. The van der Waals surface area contributed by atoms with Gasteiger partial charge in [0.15, 0.2) is 0 Å². The maximum atomic E-state index is 6.23. The molecule has 0 spiro atoms. The van der Waals surface area contributed by atoms with Gasteiger partial charge in [-0.2, -0.15) is 9.13 Å². The third-order valence-electron chi connectivity index (χ3n) is 4.98. The van der Waals surface area contributed by atoms with Gasteiger partial charge in [-0.3, -0.25) is 4.98 Å². The van der Waals surface area contributed by atoms with E-state index in [1.54, 1.807) is 6.20 Å². The zero-order valence-corrected chi connectivity index (χ0v) is 13.4. The number of fused-ring (bicyclic) bond motifs is 7. The molecule has 0 N–H and O–H groups in total. The van der Waals surface area contributed by atoms with Gasteiger partial charge in [-0.1, -0.05) is 36.4 Å². The highest BCUT2D eigenvalue weighted by molar-refractivity contribution is 6.02. The van der Waals surface area contributed by atoms with Crippen LogP contribution in [0.25, 0.3) is 39.3 Å². The van der Waals surface area contributed by atoms with Crippen LogP contribution in [0.2, 0.25) is 0 Å². The average Bonchev–Trinajstić information content (AvgIpc) is 3.30. The molecule has 0 unspecified atom stereocenters. The van der Waals surface area contributed by atoms with Crippen LogP contribution in [0.5, 0.6) is 0 Å². The molecule has 6 rings (SSSR count). The first-order chi connectivity index (χ1) is 12.4. The number of imidazole rings is 1. The molecular weight excluding hydrogens is 310 g/mol. The molecule has 1 aliphatic heterocycles. The fourth-order valence-corrected chi connectivity index (χ4v) is 3.93. The molecule has 0 atom stereocenters. The fourth-order valence-electron chi connectivity index (χ4n) is 3.93. The van der Waals surface area contributed by atoms with E-state index in [1.165, 1.54) is 17.0 Å². The Morgan fingerprint density at radius 2 is 1.80 bits per heavy atom. The van der Waals surface area contributed by atoms with E-state index in [4.69, 9.17) is 4.42 Å². The summed E-state index contributed by atoms with van der Waals surface area (Å²) in [6.45, 7) is 0.828. The maximum Gasteiger partial charge on any atom is 0.340 e. The molecule has 2 aromatic carbocycles. The van der Waals surface area contributed by atoms with Crippen LogP contribution in [0.3, 0.4) is 0 Å². The zero-order valence-electron chi connectivity index (χ0n) is 13.4. The maximum absolute atomic E-state index is 6.23. The van der Waals surface area contributed by atoms with Crippen molar-refractivity contribution in [3.63, 3.8) is 0 Å². The Bertz CT molecular complexity index is 1260. The van der Waals surface area contributed by atoms with Crippen molar-refractivity contribution in [3.8, 4) is 17.1 Å². The Kier molecular flexibility index (Phi) is 2.37. The molecule has 25 heavy (non-hydrogen) atoms. The van der Waals surface area contributed by atoms with Gasteiger partial charge in [0.2, 0.25) is 5.52 Å². The van der Waals surface area contributed by atoms with Gasteiger partial charge in [-0.05, 0) is 18.2 Å². The zero-order chi connectivity index (χ0) is 16.4. The van der Waals surface area contributed by atoms with Crippen LogP contribution < -0.4 is 4.57 Å². The van der Waals surface area contributed by atoms with E-state index in [2.05, 4.69) is 62.6 Å². The molecule has 4 heteroatoms. The van der Waals surface area contributed by atoms with E-state index in [9.17, 15) is 0 Å². The van der Waals surface area contributed by atoms with Crippen LogP contribution >= 0.6 is 0 Å². The van der Waals surface area contributed by atoms with Gasteiger partial charge in [0.1, 0.15) is 17.8 Å². The smallest absolute Gasteiger partial charge is 0.340 e. The molecular formula is C21H14N3O+. The van der Waals surface area contributed by atoms with Crippen molar-refractivity contribution in [2.45, 2.75) is 6.54 Å². The number of hydrogen-bond donors (Lipinski definition) is 0. The van der Waals surface area contributed by atoms with E-state index >= 15 is 0 Å². The monoisotopic (exact) mass is 324 g/mol. The minimum absolute atomic E-state index is 0.828. The standard InChI is InChI=1S/C21H14N3O/c1-2-7-15(8-3-1)24-19-17-12-22-11-10-18(17)25-21(19)23-13-14-6-4-5-9-16(14)20(23)24/h1-12H,13H2/q+1. The van der Waals surface area contributed by atoms with Crippen LogP contribution in [0.15, 0.2) is 77.5 Å². The Hall–Kier alpha value is -3.40. The number of nitrogens with zero attached hydrogens (tertiary/aromatic N) is 3. The van der Waals surface area contributed by atoms with E-state index < -0.39 is 0 Å². The summed E-state index contributed by atoms with van der Waals surface area (Å²) < 4.78 is 10.8. The Balaban J connectivity index is 1.84. The summed E-state index contributed by atoms with van der Waals surface area (Å²) in [5.74, 6) is 1.17. The Morgan fingerprint density at radius 1 is 0.960 bits per heavy atom. The lowest BCUT2D eigenvalue weighted by Crippen LogP contribution is -2.31. The van der Waals surface area contributed by atoms with E-state index in [1.807, 2.05) is 18.3 Å². The predicted molar refractivity (Wildman–Crippen MR) is 95.6 cm³/mol. The summed E-state index contributed by atoms with van der Waals surface area (Å²) >= 11 is 0. The molecule has 0 saturated heterocycles. The molecule has 0 bridgehead atoms. The average molecular weight is 324 g/mol. The molecule has 3 aromatic heterocycles. The van der Waals surface area contributed by atoms with Crippen LogP contribution in [-0.2, 0) is 6.54 Å². The number of para-hydroxylation sites is 1.